The lowest BCUT2D eigenvalue weighted by Gasteiger charge is -2.36. The lowest BCUT2D eigenvalue weighted by atomic mass is 9.98. The number of piperidine rings is 1. The minimum absolute atomic E-state index is 0.0417. The maximum Gasteiger partial charge on any atom is 0.317 e. The molecule has 0 aromatic heterocycles. The molecule has 5 nitrogen and oxygen atoms in total. The number of carbonyl (C=O) groups is 2. The monoisotopic (exact) mass is 497 g/mol. The molecule has 0 saturated carbocycles. The number of nitrogens with zero attached hydrogens (tertiary/aromatic N) is 1. The first kappa shape index (κ1) is 28.4. The molecule has 2 fully saturated rings. The van der Waals surface area contributed by atoms with E-state index in [9.17, 15) is 9.59 Å². The standard InChI is InChI=1S/C31H47NO4/c1-3-4-5-6-7-8-9-10-11-12-16-19-30(33)35-24-29(25-17-14-13-15-18-25)31(34)36-28-22-26-20-21-27(23-28)32(26)2/h6-7,13-15,17-18,26-29H,3-5,8-12,16,19-24H2,1-2H3/t26-,27+,28+,29?. The maximum absolute atomic E-state index is 13.2. The highest BCUT2D eigenvalue weighted by Crippen LogP contribution is 2.36. The van der Waals surface area contributed by atoms with Gasteiger partial charge in [-0.15, -0.1) is 0 Å². The van der Waals surface area contributed by atoms with Gasteiger partial charge in [-0.2, -0.15) is 0 Å². The molecule has 5 heteroatoms. The summed E-state index contributed by atoms with van der Waals surface area (Å²) in [7, 11) is 2.18. The molecule has 3 rings (SSSR count). The van der Waals surface area contributed by atoms with Crippen LogP contribution in [-0.2, 0) is 19.1 Å². The fraction of sp³-hybridized carbons (Fsp3) is 0.677. The normalized spacial score (nSPS) is 22.6. The molecule has 2 heterocycles. The van der Waals surface area contributed by atoms with Crippen LogP contribution in [0.25, 0.3) is 0 Å². The van der Waals surface area contributed by atoms with Crippen molar-refractivity contribution in [3.8, 4) is 0 Å². The molecule has 1 aromatic rings. The minimum Gasteiger partial charge on any atom is -0.464 e. The second-order valence-corrected chi connectivity index (χ2v) is 10.6. The minimum atomic E-state index is -0.571. The Morgan fingerprint density at radius 2 is 1.58 bits per heavy atom. The molecule has 0 aliphatic carbocycles. The topological polar surface area (TPSA) is 55.8 Å². The Hall–Kier alpha value is -2.14. The van der Waals surface area contributed by atoms with E-state index in [1.807, 2.05) is 30.3 Å². The molecule has 2 saturated heterocycles. The van der Waals surface area contributed by atoms with E-state index in [-0.39, 0.29) is 24.6 Å². The average molecular weight is 498 g/mol. The van der Waals surface area contributed by atoms with Crippen LogP contribution >= 0.6 is 0 Å². The first-order valence-electron chi connectivity index (χ1n) is 14.4. The van der Waals surface area contributed by atoms with E-state index < -0.39 is 5.92 Å². The number of benzene rings is 1. The van der Waals surface area contributed by atoms with Gasteiger partial charge in [0, 0.05) is 18.5 Å². The maximum atomic E-state index is 13.2. The Balaban J connectivity index is 1.36. The number of hydrogen-bond donors (Lipinski definition) is 0. The van der Waals surface area contributed by atoms with Crippen molar-refractivity contribution in [1.82, 2.24) is 4.90 Å². The van der Waals surface area contributed by atoms with Crippen molar-refractivity contribution in [2.45, 2.75) is 121 Å². The summed E-state index contributed by atoms with van der Waals surface area (Å²) in [5.74, 6) is -1.07. The summed E-state index contributed by atoms with van der Waals surface area (Å²) < 4.78 is 11.6. The van der Waals surface area contributed by atoms with Gasteiger partial charge >= 0.3 is 11.9 Å². The van der Waals surface area contributed by atoms with E-state index >= 15 is 0 Å². The molecule has 2 bridgehead atoms. The van der Waals surface area contributed by atoms with E-state index in [0.29, 0.717) is 18.5 Å². The van der Waals surface area contributed by atoms with Gasteiger partial charge in [0.05, 0.1) is 0 Å². The van der Waals surface area contributed by atoms with Gasteiger partial charge < -0.3 is 14.4 Å². The molecule has 4 atom stereocenters. The predicted octanol–water partition coefficient (Wildman–Crippen LogP) is 6.96. The highest BCUT2D eigenvalue weighted by molar-refractivity contribution is 5.79. The summed E-state index contributed by atoms with van der Waals surface area (Å²) in [5, 5.41) is 0. The van der Waals surface area contributed by atoms with Crippen molar-refractivity contribution < 1.29 is 19.1 Å². The van der Waals surface area contributed by atoms with E-state index in [2.05, 4.69) is 31.0 Å². The molecular formula is C31H47NO4. The van der Waals surface area contributed by atoms with Crippen molar-refractivity contribution >= 4 is 11.9 Å². The van der Waals surface area contributed by atoms with E-state index in [1.54, 1.807) is 0 Å². The van der Waals surface area contributed by atoms with Crippen LogP contribution in [0.1, 0.15) is 108 Å². The summed E-state index contributed by atoms with van der Waals surface area (Å²) in [6, 6.07) is 10.6. The Morgan fingerprint density at radius 1 is 0.944 bits per heavy atom. The number of unbranched alkanes of at least 4 members (excludes halogenated alkanes) is 7. The molecule has 1 unspecified atom stereocenters. The third-order valence-electron chi connectivity index (χ3n) is 7.88. The van der Waals surface area contributed by atoms with E-state index in [1.165, 1.54) is 44.9 Å². The van der Waals surface area contributed by atoms with Crippen LogP contribution < -0.4 is 0 Å². The number of ether oxygens (including phenoxy) is 2. The number of rotatable bonds is 16. The summed E-state index contributed by atoms with van der Waals surface area (Å²) in [4.78, 5) is 28.0. The zero-order chi connectivity index (χ0) is 25.6. The Bertz CT molecular complexity index is 794. The number of fused-ring (bicyclic) bond motifs is 2. The first-order chi connectivity index (χ1) is 17.6. The molecule has 200 valence electrons. The third-order valence-corrected chi connectivity index (χ3v) is 7.88. The summed E-state index contributed by atoms with van der Waals surface area (Å²) >= 11 is 0. The van der Waals surface area contributed by atoms with Gasteiger partial charge in [0.25, 0.3) is 0 Å². The number of hydrogen-bond acceptors (Lipinski definition) is 5. The van der Waals surface area contributed by atoms with Crippen LogP contribution in [0.3, 0.4) is 0 Å². The average Bonchev–Trinajstić information content (AvgIpc) is 3.08. The molecule has 36 heavy (non-hydrogen) atoms. The molecule has 0 N–H and O–H groups in total. The molecule has 0 amide bonds. The van der Waals surface area contributed by atoms with Gasteiger partial charge in [-0.05, 0) is 64.0 Å². The van der Waals surface area contributed by atoms with Crippen molar-refractivity contribution in [3.63, 3.8) is 0 Å². The summed E-state index contributed by atoms with van der Waals surface area (Å²) in [6.45, 7) is 2.27. The third kappa shape index (κ3) is 9.38. The van der Waals surface area contributed by atoms with Crippen LogP contribution in [-0.4, -0.2) is 48.7 Å². The quantitative estimate of drug-likeness (QED) is 0.140. The van der Waals surface area contributed by atoms with Crippen LogP contribution in [0.5, 0.6) is 0 Å². The molecule has 2 aliphatic heterocycles. The van der Waals surface area contributed by atoms with Gasteiger partial charge in [0.2, 0.25) is 0 Å². The smallest absolute Gasteiger partial charge is 0.317 e. The molecular weight excluding hydrogens is 450 g/mol. The highest BCUT2D eigenvalue weighted by Gasteiger charge is 2.40. The zero-order valence-electron chi connectivity index (χ0n) is 22.5. The van der Waals surface area contributed by atoms with Crippen molar-refractivity contribution in [2.75, 3.05) is 13.7 Å². The van der Waals surface area contributed by atoms with Gasteiger partial charge in [-0.3, -0.25) is 9.59 Å². The lowest BCUT2D eigenvalue weighted by molar-refractivity contribution is -0.158. The summed E-state index contributed by atoms with van der Waals surface area (Å²) in [6.07, 6.45) is 19.5. The van der Waals surface area contributed by atoms with Crippen LogP contribution in [0, 0.1) is 0 Å². The fourth-order valence-corrected chi connectivity index (χ4v) is 5.56. The summed E-state index contributed by atoms with van der Waals surface area (Å²) in [5.41, 5.74) is 0.843. The van der Waals surface area contributed by atoms with Crippen molar-refractivity contribution in [3.05, 3.63) is 48.0 Å². The van der Waals surface area contributed by atoms with Crippen LogP contribution in [0.15, 0.2) is 42.5 Å². The Kier molecular flexibility index (Phi) is 12.5. The van der Waals surface area contributed by atoms with Crippen LogP contribution in [0.2, 0.25) is 0 Å². The fourth-order valence-electron chi connectivity index (χ4n) is 5.56. The van der Waals surface area contributed by atoms with Gasteiger partial charge in [-0.1, -0.05) is 81.5 Å². The van der Waals surface area contributed by atoms with Crippen molar-refractivity contribution in [2.24, 2.45) is 0 Å². The largest absolute Gasteiger partial charge is 0.464 e. The second kappa shape index (κ2) is 15.9. The number of carbonyl (C=O) groups excluding carboxylic acids is 2. The first-order valence-corrected chi connectivity index (χ1v) is 14.4. The van der Waals surface area contributed by atoms with Gasteiger partial charge in [0.15, 0.2) is 0 Å². The molecule has 0 spiro atoms. The van der Waals surface area contributed by atoms with Gasteiger partial charge in [0.1, 0.15) is 18.6 Å². The molecule has 0 radical (unpaired) electrons. The highest BCUT2D eigenvalue weighted by atomic mass is 16.6. The number of allylic oxidation sites excluding steroid dienone is 2. The lowest BCUT2D eigenvalue weighted by Crippen LogP contribution is -2.44. The van der Waals surface area contributed by atoms with Crippen molar-refractivity contribution in [1.29, 1.82) is 0 Å². The van der Waals surface area contributed by atoms with Crippen LogP contribution in [0.4, 0.5) is 0 Å². The SMILES string of the molecule is CCCCC=CCCCCCCCC(=O)OCC(C(=O)O[C@H]1C[C@H]2CC[C@@H](C1)N2C)c1ccccc1. The zero-order valence-corrected chi connectivity index (χ0v) is 22.5. The second-order valence-electron chi connectivity index (χ2n) is 10.6. The van der Waals surface area contributed by atoms with Gasteiger partial charge in [-0.25, -0.2) is 0 Å². The Labute approximate surface area is 218 Å². The Morgan fingerprint density at radius 3 is 2.28 bits per heavy atom. The van der Waals surface area contributed by atoms with E-state index in [4.69, 9.17) is 9.47 Å². The molecule has 2 aliphatic rings. The van der Waals surface area contributed by atoms with E-state index in [0.717, 1.165) is 44.1 Å². The number of esters is 2. The molecule has 1 aromatic carbocycles. The predicted molar refractivity (Wildman–Crippen MR) is 145 cm³/mol.